The summed E-state index contributed by atoms with van der Waals surface area (Å²) < 4.78 is 25.9. The first-order chi connectivity index (χ1) is 7.65. The smallest absolute Gasteiger partial charge is 0.192 e. The average Bonchev–Trinajstić information content (AvgIpc) is 2.25. The number of rotatable bonds is 2. The van der Waals surface area contributed by atoms with Crippen LogP contribution in [0.1, 0.15) is 0 Å². The monoisotopic (exact) mass is 239 g/mol. The van der Waals surface area contributed by atoms with Gasteiger partial charge in [0.05, 0.1) is 23.0 Å². The summed E-state index contributed by atoms with van der Waals surface area (Å²) in [6, 6.07) is 3.34. The Bertz CT molecular complexity index is 502. The van der Waals surface area contributed by atoms with E-state index in [1.807, 2.05) is 0 Å². The minimum atomic E-state index is -0.634. The lowest BCUT2D eigenvalue weighted by Crippen LogP contribution is -1.91. The van der Waals surface area contributed by atoms with E-state index in [1.54, 1.807) is 0 Å². The molecule has 6 heteroatoms. The Kier molecular flexibility index (Phi) is 3.00. The lowest BCUT2D eigenvalue weighted by Gasteiger charge is -2.01. The third-order valence-electron chi connectivity index (χ3n) is 1.74. The Hall–Kier alpha value is -1.69. The molecule has 2 N–H and O–H groups in total. The zero-order valence-electron chi connectivity index (χ0n) is 8.02. The number of aromatic nitrogens is 2. The van der Waals surface area contributed by atoms with Crippen molar-refractivity contribution in [3.8, 4) is 0 Å². The van der Waals surface area contributed by atoms with Crippen molar-refractivity contribution in [2.45, 2.75) is 10.1 Å². The number of nitrogen functional groups attached to an aromatic ring is 1. The van der Waals surface area contributed by atoms with E-state index < -0.39 is 11.6 Å². The van der Waals surface area contributed by atoms with Crippen molar-refractivity contribution in [3.63, 3.8) is 0 Å². The van der Waals surface area contributed by atoms with Crippen LogP contribution in [0.4, 0.5) is 14.5 Å². The van der Waals surface area contributed by atoms with Crippen molar-refractivity contribution >= 4 is 17.4 Å². The molecule has 0 fully saturated rings. The molecule has 1 heterocycles. The van der Waals surface area contributed by atoms with Crippen LogP contribution in [0.2, 0.25) is 0 Å². The largest absolute Gasteiger partial charge is 0.396 e. The summed E-state index contributed by atoms with van der Waals surface area (Å²) in [7, 11) is 0. The predicted molar refractivity (Wildman–Crippen MR) is 56.9 cm³/mol. The third-order valence-corrected chi connectivity index (χ3v) is 2.69. The van der Waals surface area contributed by atoms with Crippen LogP contribution in [0.5, 0.6) is 0 Å². The second-order valence-corrected chi connectivity index (χ2v) is 3.98. The number of nitrogens with two attached hydrogens (primary N) is 1. The minimum Gasteiger partial charge on any atom is -0.396 e. The van der Waals surface area contributed by atoms with Crippen LogP contribution >= 0.6 is 11.8 Å². The summed E-state index contributed by atoms with van der Waals surface area (Å²) in [4.78, 5) is 8.08. The Morgan fingerprint density at radius 1 is 1.12 bits per heavy atom. The molecule has 82 valence electrons. The van der Waals surface area contributed by atoms with Gasteiger partial charge in [0.1, 0.15) is 11.6 Å². The van der Waals surface area contributed by atoms with Gasteiger partial charge in [-0.2, -0.15) is 0 Å². The fraction of sp³-hybridized carbons (Fsp3) is 0. The zero-order valence-corrected chi connectivity index (χ0v) is 8.84. The highest BCUT2D eigenvalue weighted by molar-refractivity contribution is 7.99. The summed E-state index contributed by atoms with van der Waals surface area (Å²) >= 11 is 1.01. The number of hydrogen-bond donors (Lipinski definition) is 1. The maximum Gasteiger partial charge on any atom is 0.192 e. The highest BCUT2D eigenvalue weighted by atomic mass is 32.2. The molecule has 0 atom stereocenters. The topological polar surface area (TPSA) is 51.8 Å². The van der Waals surface area contributed by atoms with Gasteiger partial charge in [0.15, 0.2) is 5.16 Å². The second kappa shape index (κ2) is 4.44. The van der Waals surface area contributed by atoms with Crippen LogP contribution < -0.4 is 5.73 Å². The van der Waals surface area contributed by atoms with E-state index in [0.29, 0.717) is 10.8 Å². The van der Waals surface area contributed by atoms with Gasteiger partial charge >= 0.3 is 0 Å². The molecule has 16 heavy (non-hydrogen) atoms. The first-order valence-corrected chi connectivity index (χ1v) is 5.17. The lowest BCUT2D eigenvalue weighted by atomic mass is 10.3. The number of halogens is 2. The molecule has 0 unspecified atom stereocenters. The highest BCUT2D eigenvalue weighted by Gasteiger charge is 2.07. The molecule has 3 nitrogen and oxygen atoms in total. The van der Waals surface area contributed by atoms with E-state index in [0.717, 1.165) is 17.8 Å². The Labute approximate surface area is 94.7 Å². The molecule has 2 rings (SSSR count). The van der Waals surface area contributed by atoms with Crippen LogP contribution in [0.3, 0.4) is 0 Å². The summed E-state index contributed by atoms with van der Waals surface area (Å²) in [5.41, 5.74) is 5.85. The van der Waals surface area contributed by atoms with E-state index in [4.69, 9.17) is 5.73 Å². The predicted octanol–water partition coefficient (Wildman–Crippen LogP) is 2.49. The molecule has 0 aliphatic rings. The molecule has 0 amide bonds. The molecule has 2 aromatic rings. The number of anilines is 1. The average molecular weight is 239 g/mol. The van der Waals surface area contributed by atoms with Crippen molar-refractivity contribution in [1.82, 2.24) is 9.97 Å². The molecule has 0 saturated heterocycles. The standard InChI is InChI=1S/C10H7F2N3S/c11-6-1-2-9(8(12)3-6)16-10-14-4-7(13)5-15-10/h1-5H,13H2. The van der Waals surface area contributed by atoms with E-state index in [1.165, 1.54) is 24.5 Å². The van der Waals surface area contributed by atoms with E-state index in [-0.39, 0.29) is 4.90 Å². The van der Waals surface area contributed by atoms with Gasteiger partial charge in [-0.1, -0.05) is 0 Å². The quantitative estimate of drug-likeness (QED) is 0.818. The SMILES string of the molecule is Nc1cnc(Sc2ccc(F)cc2F)nc1. The molecule has 0 aliphatic carbocycles. The van der Waals surface area contributed by atoms with Gasteiger partial charge in [0.25, 0.3) is 0 Å². The van der Waals surface area contributed by atoms with Gasteiger partial charge in [-0.3, -0.25) is 0 Å². The minimum absolute atomic E-state index is 0.270. The maximum absolute atomic E-state index is 13.3. The van der Waals surface area contributed by atoms with Gasteiger partial charge < -0.3 is 5.73 Å². The lowest BCUT2D eigenvalue weighted by molar-refractivity contribution is 0.565. The molecule has 0 saturated carbocycles. The van der Waals surface area contributed by atoms with Crippen LogP contribution in [0, 0.1) is 11.6 Å². The molecular formula is C10H7F2N3S. The summed E-state index contributed by atoms with van der Waals surface area (Å²) in [5.74, 6) is -1.24. The van der Waals surface area contributed by atoms with Crippen molar-refractivity contribution < 1.29 is 8.78 Å². The number of hydrogen-bond acceptors (Lipinski definition) is 4. The van der Waals surface area contributed by atoms with Crippen LogP contribution in [0.25, 0.3) is 0 Å². The van der Waals surface area contributed by atoms with Crippen LogP contribution in [-0.2, 0) is 0 Å². The Balaban J connectivity index is 2.23. The molecule has 0 aliphatic heterocycles. The first kappa shape index (κ1) is 10.8. The third kappa shape index (κ3) is 2.46. The molecule has 1 aromatic carbocycles. The second-order valence-electron chi connectivity index (χ2n) is 2.98. The van der Waals surface area contributed by atoms with Gasteiger partial charge in [-0.25, -0.2) is 18.7 Å². The van der Waals surface area contributed by atoms with Crippen molar-refractivity contribution in [3.05, 3.63) is 42.2 Å². The van der Waals surface area contributed by atoms with Crippen molar-refractivity contribution in [2.75, 3.05) is 5.73 Å². The van der Waals surface area contributed by atoms with E-state index in [2.05, 4.69) is 9.97 Å². The normalized spacial score (nSPS) is 10.4. The summed E-state index contributed by atoms with van der Waals surface area (Å²) in [5, 5.41) is 0.361. The van der Waals surface area contributed by atoms with Gasteiger partial charge in [0.2, 0.25) is 0 Å². The summed E-state index contributed by atoms with van der Waals surface area (Å²) in [6.07, 6.45) is 2.85. The molecule has 1 aromatic heterocycles. The van der Waals surface area contributed by atoms with Crippen LogP contribution in [0.15, 0.2) is 40.6 Å². The molecular weight excluding hydrogens is 232 g/mol. The summed E-state index contributed by atoms with van der Waals surface area (Å²) in [6.45, 7) is 0. The van der Waals surface area contributed by atoms with Crippen molar-refractivity contribution in [1.29, 1.82) is 0 Å². The fourth-order valence-corrected chi connectivity index (χ4v) is 1.74. The Morgan fingerprint density at radius 3 is 2.44 bits per heavy atom. The first-order valence-electron chi connectivity index (χ1n) is 4.35. The van der Waals surface area contributed by atoms with Crippen LogP contribution in [-0.4, -0.2) is 9.97 Å². The van der Waals surface area contributed by atoms with Gasteiger partial charge in [-0.05, 0) is 23.9 Å². The molecule has 0 radical (unpaired) electrons. The highest BCUT2D eigenvalue weighted by Crippen LogP contribution is 2.27. The number of benzene rings is 1. The maximum atomic E-state index is 13.3. The molecule has 0 spiro atoms. The zero-order chi connectivity index (χ0) is 11.5. The van der Waals surface area contributed by atoms with Gasteiger partial charge in [-0.15, -0.1) is 0 Å². The van der Waals surface area contributed by atoms with Crippen molar-refractivity contribution in [2.24, 2.45) is 0 Å². The number of nitrogens with zero attached hydrogens (tertiary/aromatic N) is 2. The van der Waals surface area contributed by atoms with E-state index in [9.17, 15) is 8.78 Å². The Morgan fingerprint density at radius 2 is 1.81 bits per heavy atom. The van der Waals surface area contributed by atoms with E-state index >= 15 is 0 Å². The molecule has 0 bridgehead atoms. The van der Waals surface area contributed by atoms with Gasteiger partial charge in [0, 0.05) is 6.07 Å². The fourth-order valence-electron chi connectivity index (χ4n) is 1.04.